The first-order chi connectivity index (χ1) is 9.69. The molecule has 1 aliphatic rings. The molecule has 20 heavy (non-hydrogen) atoms. The molecule has 0 radical (unpaired) electrons. The van der Waals surface area contributed by atoms with Crippen molar-refractivity contribution in [3.63, 3.8) is 0 Å². The lowest BCUT2D eigenvalue weighted by Gasteiger charge is -2.17. The molecule has 1 unspecified atom stereocenters. The van der Waals surface area contributed by atoms with E-state index in [9.17, 15) is 4.79 Å². The Morgan fingerprint density at radius 1 is 1.45 bits per heavy atom. The highest BCUT2D eigenvalue weighted by Crippen LogP contribution is 2.32. The third-order valence-corrected chi connectivity index (χ3v) is 3.49. The SMILES string of the molecule is CCOc1ccc(C(=O)NC(CN)C2CC2)cc1OC. The molecule has 0 aliphatic heterocycles. The average molecular weight is 278 g/mol. The second-order valence-corrected chi connectivity index (χ2v) is 4.95. The molecule has 5 heteroatoms. The molecule has 1 aromatic carbocycles. The van der Waals surface area contributed by atoms with Gasteiger partial charge >= 0.3 is 0 Å². The van der Waals surface area contributed by atoms with Gasteiger partial charge in [-0.05, 0) is 43.9 Å². The summed E-state index contributed by atoms with van der Waals surface area (Å²) in [6.07, 6.45) is 2.30. The Kier molecular flexibility index (Phi) is 4.84. The summed E-state index contributed by atoms with van der Waals surface area (Å²) in [5, 5.41) is 2.99. The smallest absolute Gasteiger partial charge is 0.251 e. The number of benzene rings is 1. The lowest BCUT2D eigenvalue weighted by atomic mass is 10.1. The van der Waals surface area contributed by atoms with E-state index < -0.39 is 0 Å². The van der Waals surface area contributed by atoms with E-state index in [1.165, 1.54) is 0 Å². The number of hydrogen-bond donors (Lipinski definition) is 2. The number of amides is 1. The molecular weight excluding hydrogens is 256 g/mol. The van der Waals surface area contributed by atoms with Crippen molar-refractivity contribution in [2.24, 2.45) is 11.7 Å². The first-order valence-electron chi connectivity index (χ1n) is 7.01. The van der Waals surface area contributed by atoms with Crippen molar-refractivity contribution in [1.29, 1.82) is 0 Å². The molecule has 1 aromatic rings. The number of hydrogen-bond acceptors (Lipinski definition) is 4. The summed E-state index contributed by atoms with van der Waals surface area (Å²) in [5.41, 5.74) is 6.26. The maximum Gasteiger partial charge on any atom is 0.251 e. The van der Waals surface area contributed by atoms with Gasteiger partial charge in [-0.2, -0.15) is 0 Å². The van der Waals surface area contributed by atoms with E-state index in [0.29, 0.717) is 36.1 Å². The zero-order chi connectivity index (χ0) is 14.5. The summed E-state index contributed by atoms with van der Waals surface area (Å²) >= 11 is 0. The van der Waals surface area contributed by atoms with E-state index >= 15 is 0 Å². The Labute approximate surface area is 119 Å². The number of ether oxygens (including phenoxy) is 2. The second-order valence-electron chi connectivity index (χ2n) is 4.95. The Balaban J connectivity index is 2.09. The fourth-order valence-electron chi connectivity index (χ4n) is 2.20. The second kappa shape index (κ2) is 6.61. The van der Waals surface area contributed by atoms with Crippen LogP contribution < -0.4 is 20.5 Å². The van der Waals surface area contributed by atoms with Crippen LogP contribution in [0.15, 0.2) is 18.2 Å². The van der Waals surface area contributed by atoms with Gasteiger partial charge in [0.05, 0.1) is 13.7 Å². The van der Waals surface area contributed by atoms with Crippen LogP contribution in [0, 0.1) is 5.92 Å². The summed E-state index contributed by atoms with van der Waals surface area (Å²) in [4.78, 5) is 12.2. The first-order valence-corrected chi connectivity index (χ1v) is 7.01. The summed E-state index contributed by atoms with van der Waals surface area (Å²) < 4.78 is 10.7. The standard InChI is InChI=1S/C15H22N2O3/c1-3-20-13-7-6-11(8-14(13)19-2)15(18)17-12(9-16)10-4-5-10/h6-8,10,12H,3-5,9,16H2,1-2H3,(H,17,18). The molecule has 1 saturated carbocycles. The van der Waals surface area contributed by atoms with Crippen LogP contribution in [0.25, 0.3) is 0 Å². The minimum absolute atomic E-state index is 0.0695. The molecule has 1 amide bonds. The third-order valence-electron chi connectivity index (χ3n) is 3.49. The number of carbonyl (C=O) groups is 1. The third kappa shape index (κ3) is 3.42. The zero-order valence-electron chi connectivity index (χ0n) is 12.0. The summed E-state index contributed by atoms with van der Waals surface area (Å²) in [6.45, 7) is 2.94. The van der Waals surface area contributed by atoms with Gasteiger partial charge < -0.3 is 20.5 Å². The topological polar surface area (TPSA) is 73.6 Å². The van der Waals surface area contributed by atoms with Gasteiger partial charge in [-0.25, -0.2) is 0 Å². The molecule has 0 heterocycles. The lowest BCUT2D eigenvalue weighted by molar-refractivity contribution is 0.0933. The molecule has 2 rings (SSSR count). The number of rotatable bonds is 7. The van der Waals surface area contributed by atoms with Gasteiger partial charge in [0, 0.05) is 18.2 Å². The highest BCUT2D eigenvalue weighted by Gasteiger charge is 2.31. The highest BCUT2D eigenvalue weighted by atomic mass is 16.5. The van der Waals surface area contributed by atoms with Crippen LogP contribution in [0.1, 0.15) is 30.1 Å². The van der Waals surface area contributed by atoms with Gasteiger partial charge in [0.15, 0.2) is 11.5 Å². The van der Waals surface area contributed by atoms with Crippen LogP contribution in [-0.4, -0.2) is 32.2 Å². The van der Waals surface area contributed by atoms with Crippen LogP contribution in [0.4, 0.5) is 0 Å². The van der Waals surface area contributed by atoms with E-state index in [4.69, 9.17) is 15.2 Å². The van der Waals surface area contributed by atoms with Crippen molar-refractivity contribution in [3.05, 3.63) is 23.8 Å². The lowest BCUT2D eigenvalue weighted by Crippen LogP contribution is -2.41. The molecule has 1 fully saturated rings. The molecule has 0 saturated heterocycles. The van der Waals surface area contributed by atoms with Crippen LogP contribution in [0.3, 0.4) is 0 Å². The Morgan fingerprint density at radius 2 is 2.20 bits per heavy atom. The van der Waals surface area contributed by atoms with Gasteiger partial charge in [-0.3, -0.25) is 4.79 Å². The van der Waals surface area contributed by atoms with Gasteiger partial charge in [-0.15, -0.1) is 0 Å². The van der Waals surface area contributed by atoms with Crippen molar-refractivity contribution in [3.8, 4) is 11.5 Å². The van der Waals surface area contributed by atoms with E-state index in [2.05, 4.69) is 5.32 Å². The maximum absolute atomic E-state index is 12.2. The average Bonchev–Trinajstić information content (AvgIpc) is 3.29. The molecule has 0 bridgehead atoms. The molecule has 0 spiro atoms. The minimum atomic E-state index is -0.117. The number of carbonyl (C=O) groups excluding carboxylic acids is 1. The monoisotopic (exact) mass is 278 g/mol. The quantitative estimate of drug-likeness (QED) is 0.794. The predicted octanol–water partition coefficient (Wildman–Crippen LogP) is 1.56. The molecule has 1 aliphatic carbocycles. The van der Waals surface area contributed by atoms with E-state index in [-0.39, 0.29) is 11.9 Å². The minimum Gasteiger partial charge on any atom is -0.493 e. The Bertz CT molecular complexity index is 472. The zero-order valence-corrected chi connectivity index (χ0v) is 12.0. The molecule has 5 nitrogen and oxygen atoms in total. The molecule has 3 N–H and O–H groups in total. The predicted molar refractivity (Wildman–Crippen MR) is 77.2 cm³/mol. The van der Waals surface area contributed by atoms with Crippen molar-refractivity contribution >= 4 is 5.91 Å². The Morgan fingerprint density at radius 3 is 2.75 bits per heavy atom. The van der Waals surface area contributed by atoms with Crippen LogP contribution in [-0.2, 0) is 0 Å². The Hall–Kier alpha value is -1.75. The number of nitrogens with two attached hydrogens (primary N) is 1. The van der Waals surface area contributed by atoms with Gasteiger partial charge in [-0.1, -0.05) is 0 Å². The van der Waals surface area contributed by atoms with Crippen LogP contribution in [0.2, 0.25) is 0 Å². The largest absolute Gasteiger partial charge is 0.493 e. The first kappa shape index (κ1) is 14.7. The maximum atomic E-state index is 12.2. The summed E-state index contributed by atoms with van der Waals surface area (Å²) in [7, 11) is 1.56. The fraction of sp³-hybridized carbons (Fsp3) is 0.533. The fourth-order valence-corrected chi connectivity index (χ4v) is 2.20. The van der Waals surface area contributed by atoms with E-state index in [1.807, 2.05) is 6.92 Å². The molecular formula is C15H22N2O3. The van der Waals surface area contributed by atoms with E-state index in [1.54, 1.807) is 25.3 Å². The van der Waals surface area contributed by atoms with Gasteiger partial charge in [0.2, 0.25) is 0 Å². The number of methoxy groups -OCH3 is 1. The highest BCUT2D eigenvalue weighted by molar-refractivity contribution is 5.95. The van der Waals surface area contributed by atoms with Crippen molar-refractivity contribution in [1.82, 2.24) is 5.32 Å². The van der Waals surface area contributed by atoms with Crippen molar-refractivity contribution in [2.45, 2.75) is 25.8 Å². The molecule has 110 valence electrons. The van der Waals surface area contributed by atoms with E-state index in [0.717, 1.165) is 12.8 Å². The summed E-state index contributed by atoms with van der Waals surface area (Å²) in [5.74, 6) is 1.63. The summed E-state index contributed by atoms with van der Waals surface area (Å²) in [6, 6.07) is 5.26. The van der Waals surface area contributed by atoms with Gasteiger partial charge in [0.25, 0.3) is 5.91 Å². The van der Waals surface area contributed by atoms with Crippen LogP contribution in [0.5, 0.6) is 11.5 Å². The molecule has 1 atom stereocenters. The van der Waals surface area contributed by atoms with Crippen molar-refractivity contribution < 1.29 is 14.3 Å². The van der Waals surface area contributed by atoms with Crippen LogP contribution >= 0.6 is 0 Å². The normalized spacial score (nSPS) is 15.6. The van der Waals surface area contributed by atoms with Gasteiger partial charge in [0.1, 0.15) is 0 Å². The number of nitrogens with one attached hydrogen (secondary N) is 1. The molecule has 0 aromatic heterocycles. The van der Waals surface area contributed by atoms with Crippen molar-refractivity contribution in [2.75, 3.05) is 20.3 Å².